The summed E-state index contributed by atoms with van der Waals surface area (Å²) < 4.78 is 12.6. The molecule has 3 rings (SSSR count). The van der Waals surface area contributed by atoms with Crippen LogP contribution >= 0.6 is 0 Å². The number of pyridine rings is 1. The number of ether oxygens (including phenoxy) is 2. The molecule has 0 amide bonds. The molecule has 0 fully saturated rings. The zero-order valence-electron chi connectivity index (χ0n) is 15.3. The Morgan fingerprint density at radius 3 is 2.26 bits per heavy atom. The zero-order chi connectivity index (χ0) is 19.2. The van der Waals surface area contributed by atoms with Gasteiger partial charge in [0.25, 0.3) is 0 Å². The Morgan fingerprint density at radius 1 is 1.00 bits per heavy atom. The lowest BCUT2D eigenvalue weighted by atomic mass is 10.1. The van der Waals surface area contributed by atoms with Crippen molar-refractivity contribution >= 4 is 5.97 Å². The molecule has 138 valence electrons. The second-order valence-corrected chi connectivity index (χ2v) is 5.98. The van der Waals surface area contributed by atoms with Crippen molar-refractivity contribution in [3.05, 3.63) is 93.9 Å². The highest BCUT2D eigenvalue weighted by Crippen LogP contribution is 2.19. The van der Waals surface area contributed by atoms with E-state index in [2.05, 4.69) is 0 Å². The maximum Gasteiger partial charge on any atom is 0.344 e. The van der Waals surface area contributed by atoms with Crippen LogP contribution in [0, 0.1) is 6.92 Å². The van der Waals surface area contributed by atoms with E-state index in [4.69, 9.17) is 9.47 Å². The number of carbonyl (C=O) groups is 1. The van der Waals surface area contributed by atoms with Gasteiger partial charge in [0.05, 0.1) is 12.8 Å². The van der Waals surface area contributed by atoms with Gasteiger partial charge in [-0.25, -0.2) is 4.79 Å². The first-order valence-corrected chi connectivity index (χ1v) is 8.77. The summed E-state index contributed by atoms with van der Waals surface area (Å²) in [5, 5.41) is 0. The molecule has 0 atom stereocenters. The van der Waals surface area contributed by atoms with Crippen LogP contribution in [0.1, 0.15) is 28.5 Å². The molecule has 0 radical (unpaired) electrons. The molecule has 0 saturated carbocycles. The predicted octanol–water partition coefficient (Wildman–Crippen LogP) is 3.90. The van der Waals surface area contributed by atoms with Crippen LogP contribution in [0.15, 0.2) is 71.7 Å². The Morgan fingerprint density at radius 2 is 1.63 bits per heavy atom. The van der Waals surface area contributed by atoms with Gasteiger partial charge in [-0.3, -0.25) is 4.79 Å². The number of hydrogen-bond acceptors (Lipinski definition) is 4. The summed E-state index contributed by atoms with van der Waals surface area (Å²) >= 11 is 0. The van der Waals surface area contributed by atoms with E-state index in [9.17, 15) is 9.59 Å². The van der Waals surface area contributed by atoms with E-state index in [-0.39, 0.29) is 24.5 Å². The van der Waals surface area contributed by atoms with E-state index in [0.29, 0.717) is 5.69 Å². The van der Waals surface area contributed by atoms with Gasteiger partial charge in [0.1, 0.15) is 12.2 Å². The van der Waals surface area contributed by atoms with E-state index in [0.717, 1.165) is 11.3 Å². The van der Waals surface area contributed by atoms with E-state index in [1.807, 2.05) is 60.7 Å². The molecule has 3 aromatic rings. The minimum atomic E-state index is -0.644. The Hall–Kier alpha value is -3.34. The monoisotopic (exact) mass is 363 g/mol. The number of nitrogens with zero attached hydrogens (tertiary/aromatic N) is 1. The van der Waals surface area contributed by atoms with E-state index >= 15 is 0 Å². The topological polar surface area (TPSA) is 57.5 Å². The fraction of sp³-hybridized carbons (Fsp3) is 0.182. The lowest BCUT2D eigenvalue weighted by molar-refractivity contribution is 0.0522. The van der Waals surface area contributed by atoms with Gasteiger partial charge in [0, 0.05) is 11.4 Å². The SMILES string of the molecule is CCOC(=O)c1c(C)n(-c2ccccc2)cc(OCc2ccccc2)c1=O. The average Bonchev–Trinajstić information content (AvgIpc) is 2.69. The molecular formula is C22H21NO4. The summed E-state index contributed by atoms with van der Waals surface area (Å²) in [6, 6.07) is 19.0. The summed E-state index contributed by atoms with van der Waals surface area (Å²) in [6.45, 7) is 3.86. The molecule has 0 aliphatic carbocycles. The fourth-order valence-electron chi connectivity index (χ4n) is 2.82. The van der Waals surface area contributed by atoms with Crippen molar-refractivity contribution in [3.63, 3.8) is 0 Å². The Kier molecular flexibility index (Phi) is 5.71. The first-order valence-electron chi connectivity index (χ1n) is 8.77. The molecule has 0 aliphatic heterocycles. The van der Waals surface area contributed by atoms with Gasteiger partial charge >= 0.3 is 5.97 Å². The molecule has 2 aromatic carbocycles. The Balaban J connectivity index is 2.07. The van der Waals surface area contributed by atoms with E-state index in [1.54, 1.807) is 24.6 Å². The van der Waals surface area contributed by atoms with Crippen LogP contribution in [0.3, 0.4) is 0 Å². The van der Waals surface area contributed by atoms with Gasteiger partial charge in [-0.1, -0.05) is 48.5 Å². The third-order valence-corrected chi connectivity index (χ3v) is 4.17. The van der Waals surface area contributed by atoms with E-state index < -0.39 is 11.4 Å². The normalized spacial score (nSPS) is 10.4. The van der Waals surface area contributed by atoms with Crippen LogP contribution in [0.2, 0.25) is 0 Å². The van der Waals surface area contributed by atoms with Crippen molar-refractivity contribution in [3.8, 4) is 11.4 Å². The highest BCUT2D eigenvalue weighted by Gasteiger charge is 2.22. The van der Waals surface area contributed by atoms with Gasteiger partial charge in [-0.2, -0.15) is 0 Å². The minimum Gasteiger partial charge on any atom is -0.483 e. The highest BCUT2D eigenvalue weighted by molar-refractivity contribution is 5.91. The standard InChI is InChI=1S/C22H21NO4/c1-3-26-22(25)20-16(2)23(18-12-8-5-9-13-18)14-19(21(20)24)27-15-17-10-6-4-7-11-17/h4-14H,3,15H2,1-2H3. The van der Waals surface area contributed by atoms with Gasteiger partial charge in [-0.05, 0) is 31.5 Å². The molecule has 0 bridgehead atoms. The third-order valence-electron chi connectivity index (χ3n) is 4.17. The number of aromatic nitrogens is 1. The van der Waals surface area contributed by atoms with E-state index in [1.165, 1.54) is 0 Å². The van der Waals surface area contributed by atoms with Gasteiger partial charge in [0.15, 0.2) is 5.75 Å². The molecule has 0 N–H and O–H groups in total. The van der Waals surface area contributed by atoms with Crippen LogP contribution in [0.25, 0.3) is 5.69 Å². The summed E-state index contributed by atoms with van der Waals surface area (Å²) in [4.78, 5) is 25.3. The molecule has 0 unspecified atom stereocenters. The molecule has 0 spiro atoms. The molecule has 0 saturated heterocycles. The Labute approximate surface area is 157 Å². The number of hydrogen-bond donors (Lipinski definition) is 0. The summed E-state index contributed by atoms with van der Waals surface area (Å²) in [5.74, 6) is -0.536. The molecule has 5 heteroatoms. The van der Waals surface area contributed by atoms with Crippen LogP contribution in [-0.4, -0.2) is 17.1 Å². The Bertz CT molecular complexity index is 978. The van der Waals surface area contributed by atoms with Crippen molar-refractivity contribution in [1.29, 1.82) is 0 Å². The van der Waals surface area contributed by atoms with Crippen LogP contribution < -0.4 is 10.2 Å². The molecule has 1 heterocycles. The van der Waals surface area contributed by atoms with Crippen LogP contribution in [-0.2, 0) is 11.3 Å². The first-order chi connectivity index (χ1) is 13.1. The van der Waals surface area contributed by atoms with Crippen LogP contribution in [0.5, 0.6) is 5.75 Å². The van der Waals surface area contributed by atoms with Crippen molar-refractivity contribution < 1.29 is 14.3 Å². The smallest absolute Gasteiger partial charge is 0.344 e. The lowest BCUT2D eigenvalue weighted by Gasteiger charge is -2.16. The third kappa shape index (κ3) is 4.08. The minimum absolute atomic E-state index is 0.00809. The predicted molar refractivity (Wildman–Crippen MR) is 104 cm³/mol. The van der Waals surface area contributed by atoms with Gasteiger partial charge in [-0.15, -0.1) is 0 Å². The summed E-state index contributed by atoms with van der Waals surface area (Å²) in [5.41, 5.74) is 1.79. The second-order valence-electron chi connectivity index (χ2n) is 5.98. The maximum atomic E-state index is 12.9. The van der Waals surface area contributed by atoms with Gasteiger partial charge < -0.3 is 14.0 Å². The number of benzene rings is 2. The largest absolute Gasteiger partial charge is 0.483 e. The van der Waals surface area contributed by atoms with Gasteiger partial charge in [0.2, 0.25) is 5.43 Å². The second kappa shape index (κ2) is 8.36. The number of carbonyl (C=O) groups excluding carboxylic acids is 1. The molecular weight excluding hydrogens is 342 g/mol. The lowest BCUT2D eigenvalue weighted by Crippen LogP contribution is -2.24. The quantitative estimate of drug-likeness (QED) is 0.623. The average molecular weight is 363 g/mol. The molecule has 5 nitrogen and oxygen atoms in total. The summed E-state index contributed by atoms with van der Waals surface area (Å²) in [7, 11) is 0. The van der Waals surface area contributed by atoms with Crippen molar-refractivity contribution in [2.24, 2.45) is 0 Å². The van der Waals surface area contributed by atoms with Crippen LogP contribution in [0.4, 0.5) is 0 Å². The number of rotatable bonds is 6. The highest BCUT2D eigenvalue weighted by atomic mass is 16.5. The number of para-hydroxylation sites is 1. The first kappa shape index (κ1) is 18.5. The fourth-order valence-corrected chi connectivity index (χ4v) is 2.82. The van der Waals surface area contributed by atoms with Crippen molar-refractivity contribution in [2.75, 3.05) is 6.61 Å². The number of esters is 1. The van der Waals surface area contributed by atoms with Crippen molar-refractivity contribution in [2.45, 2.75) is 20.5 Å². The molecule has 1 aromatic heterocycles. The summed E-state index contributed by atoms with van der Waals surface area (Å²) in [6.07, 6.45) is 1.62. The molecule has 0 aliphatic rings. The maximum absolute atomic E-state index is 12.9. The van der Waals surface area contributed by atoms with Crippen molar-refractivity contribution in [1.82, 2.24) is 4.57 Å². The molecule has 27 heavy (non-hydrogen) atoms. The zero-order valence-corrected chi connectivity index (χ0v) is 15.3.